The summed E-state index contributed by atoms with van der Waals surface area (Å²) < 4.78 is 0. The second-order valence-electron chi connectivity index (χ2n) is 1.75. The van der Waals surface area contributed by atoms with Gasteiger partial charge in [0, 0.05) is 6.20 Å². The first-order chi connectivity index (χ1) is 5.34. The lowest BCUT2D eigenvalue weighted by Gasteiger charge is -1.96. The van der Waals surface area contributed by atoms with E-state index in [0.717, 1.165) is 0 Å². The molecule has 58 valence electrons. The molecular weight excluding hydrogens is 146 g/mol. The summed E-state index contributed by atoms with van der Waals surface area (Å²) in [6, 6.07) is 4.95. The maximum Gasteiger partial charge on any atom is 0.391 e. The van der Waals surface area contributed by atoms with E-state index in [1.165, 1.54) is 13.3 Å². The third kappa shape index (κ3) is 2.01. The summed E-state index contributed by atoms with van der Waals surface area (Å²) in [7, 11) is 1.26. The maximum atomic E-state index is 10.8. The number of pyridine rings is 1. The van der Waals surface area contributed by atoms with Crippen LogP contribution in [0.5, 0.6) is 0 Å². The third-order valence-corrected chi connectivity index (χ3v) is 1.03. The standard InChI is InChI=1S/C7H7NO3/c1-10-11-7(9)6-4-2-3-5-8-6/h2-5H,1H3. The minimum absolute atomic E-state index is 0.231. The predicted octanol–water partition coefficient (Wildman–Crippen LogP) is 0.800. The molecule has 1 rings (SSSR count). The lowest BCUT2D eigenvalue weighted by atomic mass is 10.4. The minimum Gasteiger partial charge on any atom is -0.291 e. The number of hydrogen-bond donors (Lipinski definition) is 0. The van der Waals surface area contributed by atoms with Gasteiger partial charge in [-0.15, -0.1) is 0 Å². The lowest BCUT2D eigenvalue weighted by molar-refractivity contribution is -0.216. The van der Waals surface area contributed by atoms with Gasteiger partial charge in [0.1, 0.15) is 0 Å². The monoisotopic (exact) mass is 153 g/mol. The molecule has 0 N–H and O–H groups in total. The van der Waals surface area contributed by atoms with Crippen molar-refractivity contribution in [2.75, 3.05) is 7.11 Å². The minimum atomic E-state index is -0.590. The Balaban J connectivity index is 2.69. The number of nitrogens with zero attached hydrogens (tertiary/aromatic N) is 1. The average molecular weight is 153 g/mol. The molecule has 1 aromatic heterocycles. The van der Waals surface area contributed by atoms with Gasteiger partial charge in [-0.2, -0.15) is 4.89 Å². The van der Waals surface area contributed by atoms with Crippen LogP contribution in [0.25, 0.3) is 0 Å². The van der Waals surface area contributed by atoms with Crippen LogP contribution < -0.4 is 0 Å². The smallest absolute Gasteiger partial charge is 0.291 e. The summed E-state index contributed by atoms with van der Waals surface area (Å²) in [5, 5.41) is 0. The van der Waals surface area contributed by atoms with Crippen LogP contribution in [0.15, 0.2) is 24.4 Å². The van der Waals surface area contributed by atoms with Crippen molar-refractivity contribution >= 4 is 5.97 Å². The van der Waals surface area contributed by atoms with Crippen molar-refractivity contribution in [2.45, 2.75) is 0 Å². The van der Waals surface area contributed by atoms with Gasteiger partial charge in [-0.05, 0) is 12.1 Å². The van der Waals surface area contributed by atoms with E-state index in [4.69, 9.17) is 0 Å². The molecule has 0 amide bonds. The van der Waals surface area contributed by atoms with Gasteiger partial charge >= 0.3 is 5.97 Å². The Kier molecular flexibility index (Phi) is 2.57. The summed E-state index contributed by atoms with van der Waals surface area (Å²) in [6.45, 7) is 0. The van der Waals surface area contributed by atoms with Crippen LogP contribution >= 0.6 is 0 Å². The molecule has 4 nitrogen and oxygen atoms in total. The first-order valence-electron chi connectivity index (χ1n) is 3.00. The van der Waals surface area contributed by atoms with Crippen molar-refractivity contribution in [1.82, 2.24) is 4.98 Å². The average Bonchev–Trinajstić information content (AvgIpc) is 2.07. The lowest BCUT2D eigenvalue weighted by Crippen LogP contribution is -2.05. The van der Waals surface area contributed by atoms with Crippen LogP contribution in [0.1, 0.15) is 10.5 Å². The second kappa shape index (κ2) is 3.68. The molecule has 11 heavy (non-hydrogen) atoms. The van der Waals surface area contributed by atoms with Crippen molar-refractivity contribution < 1.29 is 14.6 Å². The molecule has 0 radical (unpaired) electrons. The Morgan fingerprint density at radius 1 is 1.55 bits per heavy atom. The molecule has 0 fully saturated rings. The Bertz CT molecular complexity index is 235. The molecule has 0 atom stereocenters. The molecule has 0 saturated carbocycles. The number of carbonyl (C=O) groups excluding carboxylic acids is 1. The van der Waals surface area contributed by atoms with Crippen LogP contribution in [0.2, 0.25) is 0 Å². The fraction of sp³-hybridized carbons (Fsp3) is 0.143. The fourth-order valence-electron chi connectivity index (χ4n) is 0.602. The van der Waals surface area contributed by atoms with Gasteiger partial charge in [-0.1, -0.05) is 6.07 Å². The number of rotatable bonds is 2. The van der Waals surface area contributed by atoms with Crippen molar-refractivity contribution in [2.24, 2.45) is 0 Å². The van der Waals surface area contributed by atoms with E-state index in [-0.39, 0.29) is 5.69 Å². The van der Waals surface area contributed by atoms with Crippen LogP contribution in [-0.2, 0) is 9.78 Å². The molecule has 0 aliphatic rings. The topological polar surface area (TPSA) is 48.4 Å². The summed E-state index contributed by atoms with van der Waals surface area (Å²) in [4.78, 5) is 23.0. The Morgan fingerprint density at radius 3 is 2.91 bits per heavy atom. The van der Waals surface area contributed by atoms with Crippen LogP contribution in [0, 0.1) is 0 Å². The van der Waals surface area contributed by atoms with E-state index in [0.29, 0.717) is 0 Å². The predicted molar refractivity (Wildman–Crippen MR) is 36.7 cm³/mol. The Labute approximate surface area is 63.7 Å². The van der Waals surface area contributed by atoms with Gasteiger partial charge in [0.25, 0.3) is 0 Å². The highest BCUT2D eigenvalue weighted by molar-refractivity contribution is 5.86. The van der Waals surface area contributed by atoms with E-state index in [2.05, 4.69) is 14.8 Å². The number of hydrogen-bond acceptors (Lipinski definition) is 4. The SMILES string of the molecule is COOC(=O)c1ccccn1. The summed E-state index contributed by atoms with van der Waals surface area (Å²) in [5.41, 5.74) is 0.231. The molecule has 0 unspecified atom stereocenters. The van der Waals surface area contributed by atoms with Gasteiger partial charge in [-0.25, -0.2) is 9.78 Å². The van der Waals surface area contributed by atoms with Crippen molar-refractivity contribution in [1.29, 1.82) is 0 Å². The fourth-order valence-corrected chi connectivity index (χ4v) is 0.602. The molecule has 0 spiro atoms. The highest BCUT2D eigenvalue weighted by Gasteiger charge is 2.06. The van der Waals surface area contributed by atoms with Gasteiger partial charge in [-0.3, -0.25) is 4.89 Å². The molecule has 1 aromatic rings. The van der Waals surface area contributed by atoms with Crippen molar-refractivity contribution in [3.63, 3.8) is 0 Å². The molecule has 0 saturated heterocycles. The normalized spacial score (nSPS) is 9.18. The maximum absolute atomic E-state index is 10.8. The summed E-state index contributed by atoms with van der Waals surface area (Å²) in [5.74, 6) is -0.590. The Hall–Kier alpha value is -1.42. The largest absolute Gasteiger partial charge is 0.391 e. The van der Waals surface area contributed by atoms with E-state index in [1.807, 2.05) is 0 Å². The zero-order valence-corrected chi connectivity index (χ0v) is 5.98. The molecular formula is C7H7NO3. The van der Waals surface area contributed by atoms with Crippen molar-refractivity contribution in [3.05, 3.63) is 30.1 Å². The zero-order valence-electron chi connectivity index (χ0n) is 5.98. The van der Waals surface area contributed by atoms with Gasteiger partial charge < -0.3 is 0 Å². The molecule has 4 heteroatoms. The zero-order chi connectivity index (χ0) is 8.10. The van der Waals surface area contributed by atoms with Gasteiger partial charge in [0.15, 0.2) is 5.69 Å². The molecule has 0 bridgehead atoms. The molecule has 0 aliphatic heterocycles. The first kappa shape index (κ1) is 7.68. The van der Waals surface area contributed by atoms with Crippen molar-refractivity contribution in [3.8, 4) is 0 Å². The molecule has 0 aromatic carbocycles. The molecule has 0 aliphatic carbocycles. The van der Waals surface area contributed by atoms with E-state index in [1.54, 1.807) is 18.2 Å². The number of aromatic nitrogens is 1. The van der Waals surface area contributed by atoms with Crippen LogP contribution in [0.3, 0.4) is 0 Å². The summed E-state index contributed by atoms with van der Waals surface area (Å²) >= 11 is 0. The van der Waals surface area contributed by atoms with E-state index < -0.39 is 5.97 Å². The summed E-state index contributed by atoms with van der Waals surface area (Å²) in [6.07, 6.45) is 1.51. The van der Waals surface area contributed by atoms with Gasteiger partial charge in [0.2, 0.25) is 0 Å². The molecule has 1 heterocycles. The Morgan fingerprint density at radius 2 is 2.36 bits per heavy atom. The first-order valence-corrected chi connectivity index (χ1v) is 3.00. The highest BCUT2D eigenvalue weighted by atomic mass is 17.2. The van der Waals surface area contributed by atoms with Gasteiger partial charge in [0.05, 0.1) is 7.11 Å². The van der Waals surface area contributed by atoms with Crippen LogP contribution in [-0.4, -0.2) is 18.1 Å². The second-order valence-corrected chi connectivity index (χ2v) is 1.75. The van der Waals surface area contributed by atoms with E-state index in [9.17, 15) is 4.79 Å². The number of carbonyl (C=O) groups is 1. The van der Waals surface area contributed by atoms with Crippen LogP contribution in [0.4, 0.5) is 0 Å². The quantitative estimate of drug-likeness (QED) is 0.465. The highest BCUT2D eigenvalue weighted by Crippen LogP contribution is 1.95. The third-order valence-electron chi connectivity index (χ3n) is 1.03. The van der Waals surface area contributed by atoms with E-state index >= 15 is 0 Å².